The molecule has 1 saturated heterocycles. The predicted octanol–water partition coefficient (Wildman–Crippen LogP) is 5.13. The first-order valence-electron chi connectivity index (χ1n) is 20.7. The number of sulfonamides is 1. The van der Waals surface area contributed by atoms with Gasteiger partial charge in [-0.15, -0.1) is 21.5 Å². The number of nitrogens with two attached hydrogens (primary N) is 1. The van der Waals surface area contributed by atoms with Crippen molar-refractivity contribution in [3.63, 3.8) is 0 Å². The van der Waals surface area contributed by atoms with Crippen LogP contribution in [0.3, 0.4) is 0 Å². The van der Waals surface area contributed by atoms with E-state index in [0.29, 0.717) is 30.0 Å². The largest absolute Gasteiger partial charge is 0.414 e. The average Bonchev–Trinajstić information content (AvgIpc) is 4.05. The van der Waals surface area contributed by atoms with Crippen LogP contribution in [0.15, 0.2) is 99.9 Å². The molecule has 0 radical (unpaired) electrons. The van der Waals surface area contributed by atoms with Gasteiger partial charge in [0.25, 0.3) is 5.89 Å². The molecule has 1 aliphatic rings. The van der Waals surface area contributed by atoms with Gasteiger partial charge in [0.05, 0.1) is 39.0 Å². The average molecular weight is 907 g/mol. The van der Waals surface area contributed by atoms with Crippen LogP contribution in [-0.2, 0) is 31.0 Å². The summed E-state index contributed by atoms with van der Waals surface area (Å²) < 4.78 is 34.7. The number of benzene rings is 3. The summed E-state index contributed by atoms with van der Waals surface area (Å²) in [5.41, 5.74) is 11.9. The van der Waals surface area contributed by atoms with Crippen LogP contribution in [0.2, 0.25) is 0 Å². The third-order valence-electron chi connectivity index (χ3n) is 10.7. The quantitative estimate of drug-likeness (QED) is 0.0792. The normalized spacial score (nSPS) is 15.8. The maximum Gasteiger partial charge on any atom is 0.270 e. The van der Waals surface area contributed by atoms with Crippen LogP contribution in [0, 0.1) is 12.3 Å². The molecule has 1 aliphatic heterocycles. The Morgan fingerprint density at radius 1 is 0.938 bits per heavy atom. The molecular weight excluding hydrogens is 857 g/mol. The number of nitrogen functional groups attached to an aromatic ring is 1. The molecule has 7 rings (SSSR count). The SMILES string of the molecule is Cc1ncsc1-c1ccc(CNC(=O)[C@@H]2C[C@@H](O)CN2C(=O)[C@@H](NC(=O)CCCCNS(=O)(=O)c2ccc(-c3cnc(N)c(-c4nnc(-c5ccccc5)o4)n3)cc2)C(C)(C)C)cc1. The van der Waals surface area contributed by atoms with E-state index in [1.807, 2.05) is 82.3 Å². The van der Waals surface area contributed by atoms with Crippen LogP contribution in [0.4, 0.5) is 5.82 Å². The van der Waals surface area contributed by atoms with E-state index in [2.05, 4.69) is 40.5 Å². The van der Waals surface area contributed by atoms with Crippen molar-refractivity contribution in [2.45, 2.75) is 83.0 Å². The lowest BCUT2D eigenvalue weighted by molar-refractivity contribution is -0.144. The highest BCUT2D eigenvalue weighted by Crippen LogP contribution is 2.30. The summed E-state index contributed by atoms with van der Waals surface area (Å²) >= 11 is 1.56. The number of β-amino-alcohol motifs (C(OH)–C–C–N with tert-alkyl or cyclic N) is 1. The number of aliphatic hydroxyl groups is 1. The number of aromatic nitrogens is 5. The van der Waals surface area contributed by atoms with Crippen LogP contribution in [0.1, 0.15) is 57.7 Å². The van der Waals surface area contributed by atoms with Gasteiger partial charge in [-0.3, -0.25) is 14.4 Å². The second-order valence-corrected chi connectivity index (χ2v) is 19.2. The molecular formula is C45H50N10O7S2. The molecule has 6 aromatic rings. The van der Waals surface area contributed by atoms with Crippen molar-refractivity contribution in [1.82, 2.24) is 45.4 Å². The highest BCUT2D eigenvalue weighted by Gasteiger charge is 2.44. The van der Waals surface area contributed by atoms with Crippen LogP contribution < -0.4 is 21.1 Å². The number of likely N-dealkylation sites (tertiary alicyclic amines) is 1. The first-order valence-corrected chi connectivity index (χ1v) is 23.1. The third-order valence-corrected chi connectivity index (χ3v) is 13.2. The molecule has 19 heteroatoms. The molecule has 0 spiro atoms. The van der Waals surface area contributed by atoms with Gasteiger partial charge in [0.15, 0.2) is 11.5 Å². The van der Waals surface area contributed by atoms with Gasteiger partial charge in [-0.05, 0) is 60.6 Å². The van der Waals surface area contributed by atoms with Gasteiger partial charge in [0, 0.05) is 43.6 Å². The van der Waals surface area contributed by atoms with E-state index in [-0.39, 0.29) is 54.8 Å². The Balaban J connectivity index is 0.884. The molecule has 0 bridgehead atoms. The molecule has 4 heterocycles. The molecule has 0 aliphatic carbocycles. The van der Waals surface area contributed by atoms with Crippen LogP contribution in [0.25, 0.3) is 44.7 Å². The van der Waals surface area contributed by atoms with Crippen LogP contribution >= 0.6 is 11.3 Å². The molecule has 0 saturated carbocycles. The molecule has 3 aromatic heterocycles. The molecule has 334 valence electrons. The Bertz CT molecular complexity index is 2700. The number of hydrogen-bond acceptors (Lipinski definition) is 14. The molecule has 3 amide bonds. The summed E-state index contributed by atoms with van der Waals surface area (Å²) in [5, 5.41) is 24.5. The highest BCUT2D eigenvalue weighted by atomic mass is 32.2. The van der Waals surface area contributed by atoms with Crippen molar-refractivity contribution >= 4 is 44.9 Å². The minimum atomic E-state index is -3.89. The van der Waals surface area contributed by atoms with Gasteiger partial charge in [0.2, 0.25) is 33.6 Å². The van der Waals surface area contributed by atoms with E-state index in [0.717, 1.165) is 27.3 Å². The molecule has 64 heavy (non-hydrogen) atoms. The number of anilines is 1. The molecule has 0 unspecified atom stereocenters. The van der Waals surface area contributed by atoms with Crippen molar-refractivity contribution in [2.24, 2.45) is 5.41 Å². The maximum absolute atomic E-state index is 14.0. The summed E-state index contributed by atoms with van der Waals surface area (Å²) in [6.45, 7) is 7.66. The monoisotopic (exact) mass is 906 g/mol. The summed E-state index contributed by atoms with van der Waals surface area (Å²) in [7, 11) is -3.89. The summed E-state index contributed by atoms with van der Waals surface area (Å²) in [4.78, 5) is 56.2. The van der Waals surface area contributed by atoms with Gasteiger partial charge in [-0.25, -0.2) is 28.1 Å². The Morgan fingerprint density at radius 3 is 2.33 bits per heavy atom. The number of thiazole rings is 1. The number of nitrogens with one attached hydrogen (secondary N) is 3. The molecule has 1 fully saturated rings. The van der Waals surface area contributed by atoms with Crippen molar-refractivity contribution in [3.05, 3.63) is 102 Å². The van der Waals surface area contributed by atoms with E-state index < -0.39 is 51.3 Å². The van der Waals surface area contributed by atoms with Gasteiger partial charge in [0.1, 0.15) is 12.1 Å². The zero-order valence-electron chi connectivity index (χ0n) is 35.8. The van der Waals surface area contributed by atoms with Crippen molar-refractivity contribution in [1.29, 1.82) is 0 Å². The number of hydrogen-bond donors (Lipinski definition) is 5. The van der Waals surface area contributed by atoms with E-state index in [1.54, 1.807) is 29.0 Å². The zero-order chi connectivity index (χ0) is 45.6. The van der Waals surface area contributed by atoms with Crippen molar-refractivity contribution in [3.8, 4) is 44.7 Å². The number of rotatable bonds is 16. The third kappa shape index (κ3) is 10.8. The van der Waals surface area contributed by atoms with Gasteiger partial charge >= 0.3 is 0 Å². The Kier molecular flexibility index (Phi) is 13.9. The Labute approximate surface area is 375 Å². The second kappa shape index (κ2) is 19.5. The van der Waals surface area contributed by atoms with E-state index in [1.165, 1.54) is 23.2 Å². The lowest BCUT2D eigenvalue weighted by Gasteiger charge is -2.35. The number of carbonyl (C=O) groups is 3. The minimum absolute atomic E-state index is 0.0316. The molecule has 6 N–H and O–H groups in total. The zero-order valence-corrected chi connectivity index (χ0v) is 37.4. The lowest BCUT2D eigenvalue weighted by atomic mass is 9.85. The summed E-state index contributed by atoms with van der Waals surface area (Å²) in [6.07, 6.45) is 1.35. The number of aliphatic hydroxyl groups excluding tert-OH is 1. The number of nitrogens with zero attached hydrogens (tertiary/aromatic N) is 6. The van der Waals surface area contributed by atoms with Crippen LogP contribution in [0.5, 0.6) is 0 Å². The minimum Gasteiger partial charge on any atom is -0.414 e. The fourth-order valence-corrected chi connectivity index (χ4v) is 9.12. The highest BCUT2D eigenvalue weighted by molar-refractivity contribution is 7.89. The maximum atomic E-state index is 14.0. The topological polar surface area (TPSA) is 249 Å². The summed E-state index contributed by atoms with van der Waals surface area (Å²) in [5.74, 6) is -0.783. The fraction of sp³-hybridized carbons (Fsp3) is 0.333. The molecule has 17 nitrogen and oxygen atoms in total. The number of carbonyl (C=O) groups excluding carboxylic acids is 3. The molecule has 3 atom stereocenters. The van der Waals surface area contributed by atoms with Crippen molar-refractivity contribution < 1.29 is 32.3 Å². The van der Waals surface area contributed by atoms with Gasteiger partial charge < -0.3 is 30.8 Å². The predicted molar refractivity (Wildman–Crippen MR) is 241 cm³/mol. The smallest absolute Gasteiger partial charge is 0.270 e. The number of amides is 3. The van der Waals surface area contributed by atoms with E-state index >= 15 is 0 Å². The van der Waals surface area contributed by atoms with E-state index in [4.69, 9.17) is 10.2 Å². The molecule has 3 aromatic carbocycles. The van der Waals surface area contributed by atoms with Crippen LogP contribution in [-0.4, -0.2) is 92.6 Å². The van der Waals surface area contributed by atoms with Gasteiger partial charge in [-0.1, -0.05) is 75.4 Å². The first kappa shape index (κ1) is 45.6. The van der Waals surface area contributed by atoms with Gasteiger partial charge in [-0.2, -0.15) is 0 Å². The standard InChI is InChI=1S/C45H50N10O7S2/c1-27-38(63-26-49-27)30-15-13-28(14-16-30)23-48-41(58)35-22-32(56)25-55(35)44(59)39(45(2,3)4)52-36(57)12-8-9-21-50-64(60,61)33-19-17-29(18-20-33)34-24-47-40(46)37(51-34)43-54-53-42(62-43)31-10-6-5-7-11-31/h5-7,10-11,13-20,24,26,32,35,39,50,56H,8-9,12,21-23,25H2,1-4H3,(H2,46,47)(H,48,58)(H,52,57)/t32-,35+,39-/m1/s1. The Hall–Kier alpha value is -6.41. The van der Waals surface area contributed by atoms with E-state index in [9.17, 15) is 27.9 Å². The lowest BCUT2D eigenvalue weighted by Crippen LogP contribution is -2.57. The Morgan fingerprint density at radius 2 is 1.64 bits per heavy atom. The second-order valence-electron chi connectivity index (χ2n) is 16.6. The fourth-order valence-electron chi connectivity index (χ4n) is 7.23. The number of unbranched alkanes of at least 4 members (excludes halogenated alkanes) is 1. The summed E-state index contributed by atoms with van der Waals surface area (Å²) in [6, 6.07) is 21.2. The first-order chi connectivity index (χ1) is 30.6. The number of aryl methyl sites for hydroxylation is 1. The van der Waals surface area contributed by atoms with Crippen molar-refractivity contribution in [2.75, 3.05) is 18.8 Å².